The van der Waals surface area contributed by atoms with Gasteiger partial charge >= 0.3 is 0 Å². The molecule has 110 valence electrons. The van der Waals surface area contributed by atoms with Crippen LogP contribution in [-0.2, 0) is 6.54 Å². The molecule has 0 bridgehead atoms. The first kappa shape index (κ1) is 14.2. The second-order valence-corrected chi connectivity index (χ2v) is 6.71. The highest BCUT2D eigenvalue weighted by Crippen LogP contribution is 2.29. The number of nitrogens with one attached hydrogen (secondary N) is 1. The molecule has 0 aliphatic rings. The van der Waals surface area contributed by atoms with Gasteiger partial charge in [-0.1, -0.05) is 0 Å². The van der Waals surface area contributed by atoms with E-state index in [1.165, 1.54) is 0 Å². The Morgan fingerprint density at radius 3 is 2.81 bits per heavy atom. The summed E-state index contributed by atoms with van der Waals surface area (Å²) in [6.07, 6.45) is 0. The topological polar surface area (TPSA) is 53.9 Å². The minimum Gasteiger partial charge on any atom is -0.354 e. The Kier molecular flexibility index (Phi) is 4.03. The normalized spacial score (nSPS) is 11.0. The van der Waals surface area contributed by atoms with Crippen LogP contribution in [-0.4, -0.2) is 28.5 Å². The third kappa shape index (κ3) is 2.98. The average Bonchev–Trinajstić information content (AvgIpc) is 3.07. The van der Waals surface area contributed by atoms with Crippen LogP contribution in [0.3, 0.4) is 0 Å². The van der Waals surface area contributed by atoms with Gasteiger partial charge in [0.2, 0.25) is 5.95 Å². The smallest absolute Gasteiger partial charge is 0.226 e. The van der Waals surface area contributed by atoms with E-state index in [2.05, 4.69) is 42.0 Å². The molecule has 0 amide bonds. The zero-order chi connectivity index (χ0) is 14.8. The number of fused-ring (bicyclic) bond motifs is 1. The second kappa shape index (κ2) is 5.95. The fourth-order valence-electron chi connectivity index (χ4n) is 2.17. The summed E-state index contributed by atoms with van der Waals surface area (Å²) in [7, 11) is 2.05. The molecule has 0 unspecified atom stereocenters. The van der Waals surface area contributed by atoms with Crippen LogP contribution >= 0.6 is 22.7 Å². The number of thiophene rings is 1. The summed E-state index contributed by atoms with van der Waals surface area (Å²) in [4.78, 5) is 16.9. The summed E-state index contributed by atoms with van der Waals surface area (Å²) in [5, 5.41) is 9.54. The fourth-order valence-corrected chi connectivity index (χ4v) is 3.53. The molecular weight excluding hydrogens is 302 g/mol. The van der Waals surface area contributed by atoms with Crippen LogP contribution < -0.4 is 10.2 Å². The van der Waals surface area contributed by atoms with Gasteiger partial charge in [0.1, 0.15) is 10.6 Å². The predicted molar refractivity (Wildman–Crippen MR) is 90.5 cm³/mol. The lowest BCUT2D eigenvalue weighted by Gasteiger charge is -2.18. The Morgan fingerprint density at radius 2 is 2.10 bits per heavy atom. The molecule has 0 aliphatic carbocycles. The maximum absolute atomic E-state index is 4.65. The lowest BCUT2D eigenvalue weighted by Crippen LogP contribution is -2.19. The van der Waals surface area contributed by atoms with Gasteiger partial charge < -0.3 is 10.2 Å². The molecule has 0 saturated carbocycles. The van der Waals surface area contributed by atoms with Gasteiger partial charge in [-0.15, -0.1) is 22.7 Å². The van der Waals surface area contributed by atoms with Gasteiger partial charge in [0, 0.05) is 19.0 Å². The minimum atomic E-state index is 0.684. The summed E-state index contributed by atoms with van der Waals surface area (Å²) in [5.74, 6) is 1.63. The molecule has 0 saturated heterocycles. The Morgan fingerprint density at radius 1 is 1.24 bits per heavy atom. The molecule has 3 rings (SSSR count). The number of nitrogens with zero attached hydrogens (tertiary/aromatic N) is 4. The van der Waals surface area contributed by atoms with E-state index >= 15 is 0 Å². The van der Waals surface area contributed by atoms with Crippen molar-refractivity contribution in [2.24, 2.45) is 0 Å². The molecule has 21 heavy (non-hydrogen) atoms. The molecule has 1 N–H and O–H groups in total. The molecular formula is C14H17N5S2. The molecule has 0 aromatic carbocycles. The minimum absolute atomic E-state index is 0.684. The van der Waals surface area contributed by atoms with Crippen LogP contribution in [0.15, 0.2) is 16.8 Å². The van der Waals surface area contributed by atoms with Crippen LogP contribution in [0.25, 0.3) is 10.2 Å². The summed E-state index contributed by atoms with van der Waals surface area (Å²) in [6, 6.07) is 2.08. The van der Waals surface area contributed by atoms with E-state index in [0.717, 1.165) is 39.8 Å². The first-order chi connectivity index (χ1) is 10.2. The van der Waals surface area contributed by atoms with Crippen molar-refractivity contribution in [2.75, 3.05) is 23.8 Å². The highest BCUT2D eigenvalue weighted by Gasteiger charge is 2.13. The van der Waals surface area contributed by atoms with Crippen LogP contribution in [0.5, 0.6) is 0 Å². The molecule has 7 heteroatoms. The quantitative estimate of drug-likeness (QED) is 0.780. The van der Waals surface area contributed by atoms with Crippen molar-refractivity contribution in [3.8, 4) is 0 Å². The van der Waals surface area contributed by atoms with Crippen molar-refractivity contribution in [1.29, 1.82) is 0 Å². The Labute approximate surface area is 131 Å². The van der Waals surface area contributed by atoms with E-state index in [4.69, 9.17) is 0 Å². The third-order valence-corrected chi connectivity index (χ3v) is 4.70. The van der Waals surface area contributed by atoms with Crippen molar-refractivity contribution < 1.29 is 0 Å². The van der Waals surface area contributed by atoms with Crippen molar-refractivity contribution in [3.63, 3.8) is 0 Å². The standard InChI is InChI=1S/C14H17N5S2/c1-4-15-14-17-12(11-5-6-20-13(11)18-14)19(3)7-10-8-21-9(2)16-10/h5-6,8H,4,7H2,1-3H3,(H,15,17,18). The van der Waals surface area contributed by atoms with Crippen LogP contribution in [0.1, 0.15) is 17.6 Å². The summed E-state index contributed by atoms with van der Waals surface area (Å²) < 4.78 is 0. The molecule has 5 nitrogen and oxygen atoms in total. The van der Waals surface area contributed by atoms with Gasteiger partial charge in [-0.05, 0) is 25.3 Å². The van der Waals surface area contributed by atoms with Crippen molar-refractivity contribution >= 4 is 44.7 Å². The average molecular weight is 319 g/mol. The van der Waals surface area contributed by atoms with Crippen molar-refractivity contribution in [3.05, 3.63) is 27.5 Å². The van der Waals surface area contributed by atoms with E-state index in [-0.39, 0.29) is 0 Å². The number of aryl methyl sites for hydroxylation is 1. The fraction of sp³-hybridized carbons (Fsp3) is 0.357. The molecule has 3 aromatic rings. The molecule has 0 fully saturated rings. The number of rotatable bonds is 5. The summed E-state index contributed by atoms with van der Waals surface area (Å²) in [6.45, 7) is 5.63. The zero-order valence-corrected chi connectivity index (χ0v) is 13.9. The monoisotopic (exact) mass is 319 g/mol. The van der Waals surface area contributed by atoms with Gasteiger partial charge in [0.15, 0.2) is 0 Å². The van der Waals surface area contributed by atoms with E-state index in [1.807, 2.05) is 20.9 Å². The highest BCUT2D eigenvalue weighted by molar-refractivity contribution is 7.16. The van der Waals surface area contributed by atoms with E-state index in [9.17, 15) is 0 Å². The molecule has 3 aromatic heterocycles. The Bertz CT molecular complexity index is 749. The first-order valence-electron chi connectivity index (χ1n) is 6.78. The highest BCUT2D eigenvalue weighted by atomic mass is 32.1. The van der Waals surface area contributed by atoms with Gasteiger partial charge in [-0.2, -0.15) is 4.98 Å². The molecule has 0 spiro atoms. The number of thiazole rings is 1. The SMILES string of the molecule is CCNc1nc(N(C)Cc2csc(C)n2)c2ccsc2n1. The summed E-state index contributed by atoms with van der Waals surface area (Å²) in [5.41, 5.74) is 1.08. The van der Waals surface area contributed by atoms with Crippen molar-refractivity contribution in [2.45, 2.75) is 20.4 Å². The number of hydrogen-bond donors (Lipinski definition) is 1. The number of anilines is 2. The zero-order valence-electron chi connectivity index (χ0n) is 12.3. The summed E-state index contributed by atoms with van der Waals surface area (Å²) >= 11 is 3.32. The molecule has 0 radical (unpaired) electrons. The molecule has 3 heterocycles. The third-order valence-electron chi connectivity index (χ3n) is 3.07. The predicted octanol–water partition coefficient (Wildman–Crippen LogP) is 3.52. The van der Waals surface area contributed by atoms with Gasteiger partial charge in [-0.25, -0.2) is 9.97 Å². The van der Waals surface area contributed by atoms with E-state index in [1.54, 1.807) is 22.7 Å². The maximum Gasteiger partial charge on any atom is 0.226 e. The van der Waals surface area contributed by atoms with Gasteiger partial charge in [-0.3, -0.25) is 0 Å². The lowest BCUT2D eigenvalue weighted by atomic mass is 10.3. The largest absolute Gasteiger partial charge is 0.354 e. The lowest BCUT2D eigenvalue weighted by molar-refractivity contribution is 0.873. The van der Waals surface area contributed by atoms with Gasteiger partial charge in [0.05, 0.1) is 22.6 Å². The second-order valence-electron chi connectivity index (χ2n) is 4.75. The van der Waals surface area contributed by atoms with Crippen LogP contribution in [0, 0.1) is 6.92 Å². The van der Waals surface area contributed by atoms with E-state index < -0.39 is 0 Å². The van der Waals surface area contributed by atoms with Crippen molar-refractivity contribution in [1.82, 2.24) is 15.0 Å². The number of hydrogen-bond acceptors (Lipinski definition) is 7. The molecule has 0 atom stereocenters. The van der Waals surface area contributed by atoms with Crippen LogP contribution in [0.2, 0.25) is 0 Å². The Balaban J connectivity index is 1.95. The molecule has 0 aliphatic heterocycles. The van der Waals surface area contributed by atoms with Gasteiger partial charge in [0.25, 0.3) is 0 Å². The first-order valence-corrected chi connectivity index (χ1v) is 8.54. The van der Waals surface area contributed by atoms with Crippen LogP contribution in [0.4, 0.5) is 11.8 Å². The maximum atomic E-state index is 4.65. The number of aromatic nitrogens is 3. The Hall–Kier alpha value is -1.73. The van der Waals surface area contributed by atoms with E-state index in [0.29, 0.717) is 5.95 Å².